The first kappa shape index (κ1) is 29.5. The molecule has 2 aromatic heterocycles. The molecule has 0 saturated carbocycles. The number of hydrogen-bond donors (Lipinski definition) is 0. The van der Waals surface area contributed by atoms with Crippen LogP contribution in [0.5, 0.6) is 11.5 Å². The van der Waals surface area contributed by atoms with Crippen molar-refractivity contribution in [3.05, 3.63) is 204 Å². The highest BCUT2D eigenvalue weighted by molar-refractivity contribution is 6.07. The monoisotopic (exact) mass is 686 g/mol. The fraction of sp³-hybridized carbons (Fsp3) is 0.0196. The van der Waals surface area contributed by atoms with E-state index in [2.05, 4.69) is 182 Å². The Morgan fingerprint density at radius 2 is 0.852 bits per heavy atom. The van der Waals surface area contributed by atoms with E-state index < -0.39 is 5.41 Å². The Morgan fingerprint density at radius 1 is 0.352 bits per heavy atom. The van der Waals surface area contributed by atoms with Crippen LogP contribution in [0.2, 0.25) is 0 Å². The van der Waals surface area contributed by atoms with Crippen molar-refractivity contribution in [2.24, 2.45) is 0 Å². The largest absolute Gasteiger partial charge is 0.457 e. The van der Waals surface area contributed by atoms with Crippen molar-refractivity contribution in [3.63, 3.8) is 0 Å². The molecule has 250 valence electrons. The van der Waals surface area contributed by atoms with Gasteiger partial charge in [0.1, 0.15) is 11.5 Å². The average Bonchev–Trinajstić information content (AvgIpc) is 3.53. The summed E-state index contributed by atoms with van der Waals surface area (Å²) in [5.74, 6) is 1.73. The minimum absolute atomic E-state index is 0.630. The maximum absolute atomic E-state index is 6.78. The Hall–Kier alpha value is -7.10. The number of rotatable bonds is 2. The highest BCUT2D eigenvalue weighted by Gasteiger charge is 2.51. The van der Waals surface area contributed by atoms with Gasteiger partial charge in [-0.2, -0.15) is 0 Å². The minimum atomic E-state index is -0.630. The summed E-state index contributed by atoms with van der Waals surface area (Å²) in [5.41, 5.74) is 12.6. The van der Waals surface area contributed by atoms with Gasteiger partial charge in [-0.05, 0) is 75.5 Å². The molecule has 10 aromatic rings. The first-order valence-electron chi connectivity index (χ1n) is 18.5. The summed E-state index contributed by atoms with van der Waals surface area (Å²) < 4.78 is 6.78. The van der Waals surface area contributed by atoms with Crippen molar-refractivity contribution < 1.29 is 4.74 Å². The summed E-state index contributed by atoms with van der Waals surface area (Å²) in [5, 5.41) is 6.97. The third-order valence-electron chi connectivity index (χ3n) is 11.7. The summed E-state index contributed by atoms with van der Waals surface area (Å²) in [6.45, 7) is 0. The summed E-state index contributed by atoms with van der Waals surface area (Å²) in [7, 11) is 0. The molecule has 0 fully saturated rings. The predicted octanol–water partition coefficient (Wildman–Crippen LogP) is 12.9. The van der Waals surface area contributed by atoms with E-state index in [4.69, 9.17) is 14.7 Å². The molecule has 0 bridgehead atoms. The standard InChI is InChI=1S/C51H30N2O/c1-3-11-37-31(9-1)17-19-33-22-26-45(52-49(33)37)35-21-25-40-39-13-5-6-14-41(39)51(43(40)29-35)42-15-7-8-16-47(42)54-48-28-24-36(30-44(48)51)46-27-23-34-20-18-32-10-2-4-12-38(32)50(34)53-46/h1-30H. The van der Waals surface area contributed by atoms with Crippen molar-refractivity contribution in [2.75, 3.05) is 0 Å². The van der Waals surface area contributed by atoms with Crippen LogP contribution in [0.25, 0.3) is 77.0 Å². The van der Waals surface area contributed by atoms with E-state index in [9.17, 15) is 0 Å². The lowest BCUT2D eigenvalue weighted by Gasteiger charge is -2.39. The summed E-state index contributed by atoms with van der Waals surface area (Å²) in [6.07, 6.45) is 0. The molecule has 0 radical (unpaired) electrons. The second kappa shape index (κ2) is 11.0. The number of pyridine rings is 2. The van der Waals surface area contributed by atoms with Gasteiger partial charge in [0.15, 0.2) is 0 Å². The molecule has 1 atom stereocenters. The SMILES string of the molecule is c1ccc2c(c1)Oc1ccc(-c3ccc4ccc5ccccc5c4n3)cc1C21c2ccccc2-c2ccc(-c3ccc4ccc5ccccc5c4n3)cc21. The van der Waals surface area contributed by atoms with Crippen molar-refractivity contribution in [1.82, 2.24) is 9.97 Å². The second-order valence-corrected chi connectivity index (χ2v) is 14.5. The van der Waals surface area contributed by atoms with Gasteiger partial charge in [-0.1, -0.05) is 140 Å². The number of hydrogen-bond acceptors (Lipinski definition) is 3. The van der Waals surface area contributed by atoms with E-state index in [0.717, 1.165) is 77.7 Å². The van der Waals surface area contributed by atoms with Crippen LogP contribution in [0.3, 0.4) is 0 Å². The maximum Gasteiger partial charge on any atom is 0.132 e. The van der Waals surface area contributed by atoms with Crippen LogP contribution in [0.4, 0.5) is 0 Å². The van der Waals surface area contributed by atoms with Crippen molar-refractivity contribution in [1.29, 1.82) is 0 Å². The summed E-state index contributed by atoms with van der Waals surface area (Å²) >= 11 is 0. The van der Waals surface area contributed by atoms with Gasteiger partial charge in [0.25, 0.3) is 0 Å². The number of nitrogens with zero attached hydrogens (tertiary/aromatic N) is 2. The highest BCUT2D eigenvalue weighted by Crippen LogP contribution is 2.62. The van der Waals surface area contributed by atoms with Crippen LogP contribution >= 0.6 is 0 Å². The Labute approximate surface area is 311 Å². The Balaban J connectivity index is 1.12. The van der Waals surface area contributed by atoms with Gasteiger partial charge in [0, 0.05) is 43.8 Å². The van der Waals surface area contributed by atoms with E-state index >= 15 is 0 Å². The average molecular weight is 687 g/mol. The minimum Gasteiger partial charge on any atom is -0.457 e. The smallest absolute Gasteiger partial charge is 0.132 e. The lowest BCUT2D eigenvalue weighted by atomic mass is 9.65. The lowest BCUT2D eigenvalue weighted by molar-refractivity contribution is 0.436. The molecule has 1 unspecified atom stereocenters. The fourth-order valence-electron chi connectivity index (χ4n) is 9.26. The third kappa shape index (κ3) is 4.01. The molecular formula is C51H30N2O. The fourth-order valence-corrected chi connectivity index (χ4v) is 9.26. The zero-order chi connectivity index (χ0) is 35.4. The van der Waals surface area contributed by atoms with Crippen LogP contribution in [0.1, 0.15) is 22.3 Å². The van der Waals surface area contributed by atoms with E-state index in [1.54, 1.807) is 0 Å². The van der Waals surface area contributed by atoms with E-state index in [1.165, 1.54) is 33.0 Å². The molecule has 3 heteroatoms. The summed E-state index contributed by atoms with van der Waals surface area (Å²) in [4.78, 5) is 10.7. The molecule has 0 amide bonds. The summed E-state index contributed by atoms with van der Waals surface area (Å²) in [6, 6.07) is 65.3. The molecule has 0 N–H and O–H groups in total. The molecule has 1 spiro atoms. The zero-order valence-corrected chi connectivity index (χ0v) is 29.1. The zero-order valence-electron chi connectivity index (χ0n) is 29.1. The van der Waals surface area contributed by atoms with Crippen molar-refractivity contribution in [3.8, 4) is 45.1 Å². The molecule has 1 aliphatic heterocycles. The van der Waals surface area contributed by atoms with Gasteiger partial charge >= 0.3 is 0 Å². The normalized spacial score (nSPS) is 15.3. The molecule has 12 rings (SSSR count). The number of ether oxygens (including phenoxy) is 1. The topological polar surface area (TPSA) is 35.0 Å². The maximum atomic E-state index is 6.78. The van der Waals surface area contributed by atoms with Gasteiger partial charge < -0.3 is 4.74 Å². The lowest BCUT2D eigenvalue weighted by Crippen LogP contribution is -2.32. The van der Waals surface area contributed by atoms with Crippen LogP contribution < -0.4 is 4.74 Å². The third-order valence-corrected chi connectivity index (χ3v) is 11.7. The Morgan fingerprint density at radius 3 is 1.56 bits per heavy atom. The van der Waals surface area contributed by atoms with Gasteiger partial charge in [0.2, 0.25) is 0 Å². The highest BCUT2D eigenvalue weighted by atomic mass is 16.5. The van der Waals surface area contributed by atoms with Crippen LogP contribution in [-0.2, 0) is 5.41 Å². The van der Waals surface area contributed by atoms with Gasteiger partial charge in [0.05, 0.1) is 27.8 Å². The van der Waals surface area contributed by atoms with Crippen molar-refractivity contribution in [2.45, 2.75) is 5.41 Å². The Bertz CT molecular complexity index is 3220. The van der Waals surface area contributed by atoms with Crippen molar-refractivity contribution >= 4 is 43.4 Å². The van der Waals surface area contributed by atoms with Gasteiger partial charge in [-0.3, -0.25) is 0 Å². The first-order chi connectivity index (χ1) is 26.7. The first-order valence-corrected chi connectivity index (χ1v) is 18.5. The van der Waals surface area contributed by atoms with Crippen LogP contribution in [-0.4, -0.2) is 9.97 Å². The molecule has 3 heterocycles. The number of aromatic nitrogens is 2. The van der Waals surface area contributed by atoms with E-state index in [0.29, 0.717) is 0 Å². The number of benzene rings is 8. The second-order valence-electron chi connectivity index (χ2n) is 14.5. The quantitative estimate of drug-likeness (QED) is 0.170. The molecule has 1 aliphatic carbocycles. The molecule has 8 aromatic carbocycles. The van der Waals surface area contributed by atoms with Crippen LogP contribution in [0.15, 0.2) is 182 Å². The molecular weight excluding hydrogens is 657 g/mol. The van der Waals surface area contributed by atoms with Gasteiger partial charge in [-0.15, -0.1) is 0 Å². The molecule has 0 saturated heterocycles. The van der Waals surface area contributed by atoms with E-state index in [1.807, 2.05) is 0 Å². The molecule has 54 heavy (non-hydrogen) atoms. The predicted molar refractivity (Wildman–Crippen MR) is 220 cm³/mol. The van der Waals surface area contributed by atoms with Gasteiger partial charge in [-0.25, -0.2) is 9.97 Å². The van der Waals surface area contributed by atoms with E-state index in [-0.39, 0.29) is 0 Å². The Kier molecular flexibility index (Phi) is 5.98. The van der Waals surface area contributed by atoms with Crippen LogP contribution in [0, 0.1) is 0 Å². The molecule has 2 aliphatic rings. The number of para-hydroxylation sites is 1. The number of fused-ring (bicyclic) bond motifs is 15. The molecule has 3 nitrogen and oxygen atoms in total.